The molecule has 0 amide bonds. The molecule has 0 radical (unpaired) electrons. The lowest BCUT2D eigenvalue weighted by atomic mass is 10.0. The Labute approximate surface area is 158 Å². The van der Waals surface area contributed by atoms with Crippen LogP contribution in [0.2, 0.25) is 0 Å². The van der Waals surface area contributed by atoms with Gasteiger partial charge in [-0.2, -0.15) is 0 Å². The minimum Gasteiger partial charge on any atom is -0.508 e. The Morgan fingerprint density at radius 3 is 2.63 bits per heavy atom. The maximum Gasteiger partial charge on any atom is 0.335 e. The zero-order valence-corrected chi connectivity index (χ0v) is 15.6. The molecule has 0 atom stereocenters. The molecule has 0 aliphatic rings. The predicted octanol–water partition coefficient (Wildman–Crippen LogP) is 4.66. The Balaban J connectivity index is 2.06. The average Bonchev–Trinajstić information content (AvgIpc) is 2.66. The normalized spacial score (nSPS) is 11.8. The van der Waals surface area contributed by atoms with Gasteiger partial charge in [-0.15, -0.1) is 0 Å². The summed E-state index contributed by atoms with van der Waals surface area (Å²) in [7, 11) is 0. The third-order valence-corrected chi connectivity index (χ3v) is 4.34. The van der Waals surface area contributed by atoms with Gasteiger partial charge < -0.3 is 15.2 Å². The number of anilines is 1. The number of aromatic hydroxyl groups is 1. The second-order valence-electron chi connectivity index (χ2n) is 6.28. The van der Waals surface area contributed by atoms with E-state index in [2.05, 4.69) is 10.3 Å². The van der Waals surface area contributed by atoms with E-state index in [9.17, 15) is 9.90 Å². The highest BCUT2D eigenvalue weighted by molar-refractivity contribution is 6.00. The van der Waals surface area contributed by atoms with Crippen LogP contribution < -0.4 is 5.32 Å². The number of benzene rings is 2. The third kappa shape index (κ3) is 4.08. The lowest BCUT2D eigenvalue weighted by Gasteiger charge is -2.17. The fourth-order valence-electron chi connectivity index (χ4n) is 2.91. The van der Waals surface area contributed by atoms with Crippen LogP contribution in [-0.4, -0.2) is 22.7 Å². The lowest BCUT2D eigenvalue weighted by Crippen LogP contribution is -2.12. The maximum atomic E-state index is 12.3. The molecule has 5 nitrogen and oxygen atoms in total. The first-order chi connectivity index (χ1) is 13.0. The molecule has 0 spiro atoms. The van der Waals surface area contributed by atoms with Crippen molar-refractivity contribution in [3.05, 3.63) is 71.6 Å². The van der Waals surface area contributed by atoms with Crippen molar-refractivity contribution >= 4 is 28.1 Å². The summed E-state index contributed by atoms with van der Waals surface area (Å²) >= 11 is 0. The van der Waals surface area contributed by atoms with Crippen LogP contribution in [0, 0.1) is 6.92 Å². The summed E-state index contributed by atoms with van der Waals surface area (Å²) in [4.78, 5) is 16.5. The van der Waals surface area contributed by atoms with Crippen LogP contribution in [0.5, 0.6) is 5.75 Å². The van der Waals surface area contributed by atoms with Gasteiger partial charge in [0.1, 0.15) is 5.75 Å². The fourth-order valence-corrected chi connectivity index (χ4v) is 2.91. The predicted molar refractivity (Wildman–Crippen MR) is 107 cm³/mol. The average molecular weight is 362 g/mol. The molecule has 0 aliphatic heterocycles. The van der Waals surface area contributed by atoms with Crippen LogP contribution in [0.25, 0.3) is 16.5 Å². The van der Waals surface area contributed by atoms with Gasteiger partial charge in [-0.1, -0.05) is 12.1 Å². The highest BCUT2D eigenvalue weighted by atomic mass is 16.5. The monoisotopic (exact) mass is 362 g/mol. The first-order valence-electron chi connectivity index (χ1n) is 8.78. The Morgan fingerprint density at radius 2 is 1.89 bits per heavy atom. The number of nitrogens with zero attached hydrogens (tertiary/aromatic N) is 1. The first kappa shape index (κ1) is 18.5. The summed E-state index contributed by atoms with van der Waals surface area (Å²) in [5.41, 5.74) is 3.86. The number of phenolic OH excluding ortho intramolecular Hbond substituents is 1. The minimum atomic E-state index is -0.359. The molecule has 138 valence electrons. The zero-order chi connectivity index (χ0) is 19.4. The number of fused-ring (bicyclic) bond motifs is 1. The molecule has 3 rings (SSSR count). The van der Waals surface area contributed by atoms with E-state index in [1.807, 2.05) is 37.3 Å². The van der Waals surface area contributed by atoms with Crippen LogP contribution in [0.1, 0.15) is 25.0 Å². The number of hydrogen-bond donors (Lipinski definition) is 2. The highest BCUT2D eigenvalue weighted by Gasteiger charge is 2.16. The van der Waals surface area contributed by atoms with Crippen molar-refractivity contribution in [2.24, 2.45) is 0 Å². The van der Waals surface area contributed by atoms with Gasteiger partial charge >= 0.3 is 5.97 Å². The van der Waals surface area contributed by atoms with E-state index in [-0.39, 0.29) is 11.7 Å². The maximum absolute atomic E-state index is 12.3. The molecule has 5 heteroatoms. The zero-order valence-electron chi connectivity index (χ0n) is 15.6. The van der Waals surface area contributed by atoms with Gasteiger partial charge in [0.25, 0.3) is 0 Å². The molecule has 0 fully saturated rings. The third-order valence-electron chi connectivity index (χ3n) is 4.34. The van der Waals surface area contributed by atoms with Gasteiger partial charge in [0.15, 0.2) is 0 Å². The number of aromatic nitrogens is 1. The molecule has 0 saturated carbocycles. The number of aryl methyl sites for hydroxylation is 1. The number of carbonyl (C=O) groups excluding carboxylic acids is 1. The van der Waals surface area contributed by atoms with E-state index < -0.39 is 0 Å². The summed E-state index contributed by atoms with van der Waals surface area (Å²) in [5.74, 6) is -0.128. The standard InChI is InChI=1S/C22H22N2O3/c1-4-27-22(26)15(3)21(20-9-10-23-13-14(20)2)24-18-7-5-17-12-19(25)8-6-16(17)11-18/h5-13,24-25H,4H2,1-3H3/b21-15-. The van der Waals surface area contributed by atoms with E-state index in [0.29, 0.717) is 17.9 Å². The van der Waals surface area contributed by atoms with E-state index in [1.165, 1.54) is 0 Å². The van der Waals surface area contributed by atoms with E-state index >= 15 is 0 Å². The fraction of sp³-hybridized carbons (Fsp3) is 0.182. The van der Waals surface area contributed by atoms with Crippen molar-refractivity contribution in [1.82, 2.24) is 4.98 Å². The van der Waals surface area contributed by atoms with Crippen molar-refractivity contribution in [3.8, 4) is 5.75 Å². The van der Waals surface area contributed by atoms with Gasteiger partial charge in [-0.25, -0.2) is 4.79 Å². The topological polar surface area (TPSA) is 71.5 Å². The molecular formula is C22H22N2O3. The summed E-state index contributed by atoms with van der Waals surface area (Å²) in [6, 6.07) is 12.9. The number of rotatable bonds is 5. The Hall–Kier alpha value is -3.34. The smallest absolute Gasteiger partial charge is 0.335 e. The van der Waals surface area contributed by atoms with Gasteiger partial charge in [0.2, 0.25) is 0 Å². The van der Waals surface area contributed by atoms with Crippen LogP contribution in [0.3, 0.4) is 0 Å². The van der Waals surface area contributed by atoms with Gasteiger partial charge in [-0.05, 0) is 67.4 Å². The van der Waals surface area contributed by atoms with Gasteiger partial charge in [0.05, 0.1) is 17.9 Å². The van der Waals surface area contributed by atoms with Crippen molar-refractivity contribution in [2.45, 2.75) is 20.8 Å². The van der Waals surface area contributed by atoms with E-state index in [4.69, 9.17) is 4.74 Å². The number of pyridine rings is 1. The Kier molecular flexibility index (Phi) is 5.41. The summed E-state index contributed by atoms with van der Waals surface area (Å²) in [6.07, 6.45) is 3.46. The van der Waals surface area contributed by atoms with Crippen molar-refractivity contribution < 1.29 is 14.6 Å². The molecule has 2 N–H and O–H groups in total. The quantitative estimate of drug-likeness (QED) is 0.510. The molecule has 0 saturated heterocycles. The minimum absolute atomic E-state index is 0.231. The molecule has 0 unspecified atom stereocenters. The number of carbonyl (C=O) groups is 1. The number of ether oxygens (including phenoxy) is 1. The Morgan fingerprint density at radius 1 is 1.15 bits per heavy atom. The first-order valence-corrected chi connectivity index (χ1v) is 8.78. The van der Waals surface area contributed by atoms with Crippen LogP contribution >= 0.6 is 0 Å². The van der Waals surface area contributed by atoms with Crippen LogP contribution in [0.4, 0.5) is 5.69 Å². The van der Waals surface area contributed by atoms with Crippen LogP contribution in [0.15, 0.2) is 60.4 Å². The molecular weight excluding hydrogens is 340 g/mol. The molecule has 1 heterocycles. The Bertz CT molecular complexity index is 1020. The van der Waals surface area contributed by atoms with Gasteiger partial charge in [-0.3, -0.25) is 4.98 Å². The molecule has 2 aromatic carbocycles. The highest BCUT2D eigenvalue weighted by Crippen LogP contribution is 2.28. The summed E-state index contributed by atoms with van der Waals surface area (Å²) < 4.78 is 5.19. The van der Waals surface area contributed by atoms with E-state index in [0.717, 1.165) is 27.6 Å². The molecule has 3 aromatic rings. The van der Waals surface area contributed by atoms with E-state index in [1.54, 1.807) is 38.4 Å². The molecule has 0 bridgehead atoms. The largest absolute Gasteiger partial charge is 0.508 e. The lowest BCUT2D eigenvalue weighted by molar-refractivity contribution is -0.138. The summed E-state index contributed by atoms with van der Waals surface area (Å²) in [6.45, 7) is 5.80. The second kappa shape index (κ2) is 7.91. The van der Waals surface area contributed by atoms with Crippen molar-refractivity contribution in [2.75, 3.05) is 11.9 Å². The molecule has 27 heavy (non-hydrogen) atoms. The number of esters is 1. The molecule has 1 aromatic heterocycles. The van der Waals surface area contributed by atoms with Gasteiger partial charge in [0, 0.05) is 23.6 Å². The number of nitrogens with one attached hydrogen (secondary N) is 1. The van der Waals surface area contributed by atoms with Crippen molar-refractivity contribution in [1.29, 1.82) is 0 Å². The molecule has 0 aliphatic carbocycles. The number of hydrogen-bond acceptors (Lipinski definition) is 5. The number of phenols is 1. The summed E-state index contributed by atoms with van der Waals surface area (Å²) in [5, 5.41) is 14.9. The SMILES string of the molecule is CCOC(=O)/C(C)=C(\Nc1ccc2cc(O)ccc2c1)c1ccncc1C. The second-order valence-corrected chi connectivity index (χ2v) is 6.28. The van der Waals surface area contributed by atoms with Crippen LogP contribution in [-0.2, 0) is 9.53 Å². The van der Waals surface area contributed by atoms with Crippen molar-refractivity contribution in [3.63, 3.8) is 0 Å².